The van der Waals surface area contributed by atoms with Crippen LogP contribution in [0.4, 0.5) is 11.4 Å². The molecule has 1 aliphatic heterocycles. The van der Waals surface area contributed by atoms with Crippen LogP contribution in [-0.4, -0.2) is 38.0 Å². The van der Waals surface area contributed by atoms with Gasteiger partial charge in [0.15, 0.2) is 0 Å². The fraction of sp³-hybridized carbons (Fsp3) is 0.533. The van der Waals surface area contributed by atoms with Gasteiger partial charge in [-0.15, -0.1) is 0 Å². The number of aliphatic imine (C=N–C) groups is 1. The van der Waals surface area contributed by atoms with Gasteiger partial charge in [-0.05, 0) is 63.0 Å². The lowest BCUT2D eigenvalue weighted by molar-refractivity contribution is 0.420. The molecule has 3 rings (SSSR count). The van der Waals surface area contributed by atoms with Crippen molar-refractivity contribution in [1.82, 2.24) is 10.3 Å². The zero-order valence-corrected chi connectivity index (χ0v) is 12.6. The standard InChI is InChI=1S/C15H22N5O/c1-19(2)8-7-16-15-17-13-9-11-5-3-4-6-12(11)10-14(13)20(21)18-15/h9-10H,3-8H2,1-2H3,(H2,16,17,18)/q-1. The van der Waals surface area contributed by atoms with Gasteiger partial charge in [-0.2, -0.15) is 0 Å². The zero-order valence-electron chi connectivity index (χ0n) is 12.6. The molecule has 0 bridgehead atoms. The molecule has 21 heavy (non-hydrogen) atoms. The Hall–Kier alpha value is -1.79. The van der Waals surface area contributed by atoms with Crippen LogP contribution in [0.3, 0.4) is 0 Å². The molecule has 0 amide bonds. The molecule has 2 aliphatic rings. The molecule has 1 aromatic carbocycles. The van der Waals surface area contributed by atoms with Gasteiger partial charge in [-0.25, -0.2) is 0 Å². The van der Waals surface area contributed by atoms with E-state index in [9.17, 15) is 5.21 Å². The van der Waals surface area contributed by atoms with Gasteiger partial charge in [0.1, 0.15) is 0 Å². The van der Waals surface area contributed by atoms with E-state index in [1.54, 1.807) is 0 Å². The van der Waals surface area contributed by atoms with Crippen LogP contribution >= 0.6 is 0 Å². The maximum atomic E-state index is 12.2. The van der Waals surface area contributed by atoms with E-state index in [0.717, 1.165) is 30.2 Å². The number of guanidine groups is 1. The van der Waals surface area contributed by atoms with Crippen molar-refractivity contribution in [3.63, 3.8) is 0 Å². The molecule has 0 unspecified atom stereocenters. The lowest BCUT2D eigenvalue weighted by Gasteiger charge is -2.39. The fourth-order valence-corrected chi connectivity index (χ4v) is 2.79. The molecule has 2 N–H and O–H groups in total. The number of hydrogen-bond donors (Lipinski definition) is 2. The quantitative estimate of drug-likeness (QED) is 0.886. The normalized spacial score (nSPS) is 19.0. The largest absolute Gasteiger partial charge is 0.739 e. The lowest BCUT2D eigenvalue weighted by atomic mass is 9.90. The molecule has 0 spiro atoms. The number of likely N-dealkylation sites (N-methyl/N-ethyl adjacent to an activating group) is 1. The third-order valence-electron chi connectivity index (χ3n) is 3.96. The van der Waals surface area contributed by atoms with Gasteiger partial charge in [0.2, 0.25) is 5.96 Å². The predicted octanol–water partition coefficient (Wildman–Crippen LogP) is 1.72. The van der Waals surface area contributed by atoms with Crippen LogP contribution in [0, 0.1) is 5.21 Å². The number of hydrogen-bond acceptors (Lipinski definition) is 4. The van der Waals surface area contributed by atoms with Crippen LogP contribution < -0.4 is 15.9 Å². The Labute approximate surface area is 125 Å². The second kappa shape index (κ2) is 5.91. The third kappa shape index (κ3) is 3.11. The molecule has 0 saturated carbocycles. The predicted molar refractivity (Wildman–Crippen MR) is 86.5 cm³/mol. The molecule has 1 aromatic rings. The van der Waals surface area contributed by atoms with Crippen molar-refractivity contribution in [3.05, 3.63) is 28.5 Å². The number of rotatable bonds is 3. The van der Waals surface area contributed by atoms with Crippen molar-refractivity contribution in [1.29, 1.82) is 0 Å². The highest BCUT2D eigenvalue weighted by Crippen LogP contribution is 2.34. The van der Waals surface area contributed by atoms with Crippen LogP contribution in [0.1, 0.15) is 24.0 Å². The third-order valence-corrected chi connectivity index (χ3v) is 3.96. The molecule has 1 aliphatic carbocycles. The van der Waals surface area contributed by atoms with E-state index in [0.29, 0.717) is 18.2 Å². The molecule has 0 aromatic heterocycles. The SMILES string of the molecule is CN(C)CCN=C1Nc2cc3c(cc2N([O-])N1)CCCC3. The first-order valence-electron chi connectivity index (χ1n) is 7.49. The summed E-state index contributed by atoms with van der Waals surface area (Å²) in [5.74, 6) is 0.523. The Kier molecular flexibility index (Phi) is 3.98. The molecule has 114 valence electrons. The van der Waals surface area contributed by atoms with E-state index >= 15 is 0 Å². The Morgan fingerprint density at radius 2 is 1.95 bits per heavy atom. The van der Waals surface area contributed by atoms with Crippen molar-refractivity contribution in [3.8, 4) is 0 Å². The summed E-state index contributed by atoms with van der Waals surface area (Å²) in [5, 5.41) is 16.2. The maximum absolute atomic E-state index is 12.2. The molecule has 6 nitrogen and oxygen atoms in total. The number of aryl methyl sites for hydroxylation is 2. The molecule has 0 fully saturated rings. The molecular formula is C15H22N5O-. The first-order valence-corrected chi connectivity index (χ1v) is 7.49. The highest BCUT2D eigenvalue weighted by Gasteiger charge is 2.19. The molecule has 0 saturated heterocycles. The number of nitrogens with one attached hydrogen (secondary N) is 2. The topological polar surface area (TPSA) is 66.0 Å². The van der Waals surface area contributed by atoms with E-state index in [1.807, 2.05) is 20.2 Å². The molecule has 6 heteroatoms. The summed E-state index contributed by atoms with van der Waals surface area (Å²) in [5.41, 5.74) is 6.92. The van der Waals surface area contributed by atoms with Gasteiger partial charge in [0, 0.05) is 6.54 Å². The zero-order chi connectivity index (χ0) is 14.8. The summed E-state index contributed by atoms with van der Waals surface area (Å²) in [6.45, 7) is 1.50. The minimum absolute atomic E-state index is 0.523. The second-order valence-corrected chi connectivity index (χ2v) is 5.91. The van der Waals surface area contributed by atoms with Gasteiger partial charge in [-0.3, -0.25) is 10.4 Å². The highest BCUT2D eigenvalue weighted by molar-refractivity contribution is 6.01. The Bertz CT molecular complexity index is 555. The second-order valence-electron chi connectivity index (χ2n) is 5.91. The monoisotopic (exact) mass is 288 g/mol. The number of benzene rings is 1. The van der Waals surface area contributed by atoms with Gasteiger partial charge < -0.3 is 20.6 Å². The van der Waals surface area contributed by atoms with E-state index in [1.165, 1.54) is 24.0 Å². The van der Waals surface area contributed by atoms with Crippen LogP contribution in [-0.2, 0) is 12.8 Å². The summed E-state index contributed by atoms with van der Waals surface area (Å²) in [6, 6.07) is 4.12. The number of hydrazine groups is 1. The van der Waals surface area contributed by atoms with Crippen molar-refractivity contribution in [2.24, 2.45) is 4.99 Å². The Balaban J connectivity index is 1.81. The summed E-state index contributed by atoms with van der Waals surface area (Å²) in [4.78, 5) is 6.46. The summed E-state index contributed by atoms with van der Waals surface area (Å²) in [6.07, 6.45) is 4.61. The van der Waals surface area contributed by atoms with Gasteiger partial charge in [-0.1, -0.05) is 0 Å². The molecule has 0 radical (unpaired) electrons. The van der Waals surface area contributed by atoms with Gasteiger partial charge >= 0.3 is 0 Å². The average molecular weight is 288 g/mol. The molecular weight excluding hydrogens is 266 g/mol. The van der Waals surface area contributed by atoms with E-state index < -0.39 is 0 Å². The van der Waals surface area contributed by atoms with E-state index in [4.69, 9.17) is 0 Å². The number of anilines is 2. The summed E-state index contributed by atoms with van der Waals surface area (Å²) >= 11 is 0. The summed E-state index contributed by atoms with van der Waals surface area (Å²) in [7, 11) is 4.01. The van der Waals surface area contributed by atoms with Crippen molar-refractivity contribution in [2.45, 2.75) is 25.7 Å². The number of fused-ring (bicyclic) bond motifs is 2. The van der Waals surface area contributed by atoms with Crippen LogP contribution in [0.5, 0.6) is 0 Å². The number of nitrogens with zero attached hydrogens (tertiary/aromatic N) is 3. The minimum Gasteiger partial charge on any atom is -0.739 e. The van der Waals surface area contributed by atoms with Crippen LogP contribution in [0.25, 0.3) is 0 Å². The average Bonchev–Trinajstić information content (AvgIpc) is 2.45. The Morgan fingerprint density at radius 3 is 2.67 bits per heavy atom. The first-order chi connectivity index (χ1) is 10.1. The highest BCUT2D eigenvalue weighted by atomic mass is 16.5. The smallest absolute Gasteiger partial charge is 0.214 e. The van der Waals surface area contributed by atoms with Crippen molar-refractivity contribution >= 4 is 17.3 Å². The Morgan fingerprint density at radius 1 is 1.24 bits per heavy atom. The van der Waals surface area contributed by atoms with Crippen molar-refractivity contribution < 1.29 is 0 Å². The summed E-state index contributed by atoms with van der Waals surface area (Å²) < 4.78 is 0. The van der Waals surface area contributed by atoms with Crippen molar-refractivity contribution in [2.75, 3.05) is 37.7 Å². The fourth-order valence-electron chi connectivity index (χ4n) is 2.79. The first kappa shape index (κ1) is 14.2. The van der Waals surface area contributed by atoms with Crippen LogP contribution in [0.15, 0.2) is 17.1 Å². The van der Waals surface area contributed by atoms with Gasteiger partial charge in [0.25, 0.3) is 0 Å². The van der Waals surface area contributed by atoms with E-state index in [2.05, 4.69) is 26.7 Å². The maximum Gasteiger partial charge on any atom is 0.214 e. The lowest BCUT2D eigenvalue weighted by Crippen LogP contribution is -2.46. The molecule has 1 heterocycles. The van der Waals surface area contributed by atoms with Crippen LogP contribution in [0.2, 0.25) is 0 Å². The van der Waals surface area contributed by atoms with Gasteiger partial charge in [0.05, 0.1) is 17.9 Å². The van der Waals surface area contributed by atoms with E-state index in [-0.39, 0.29) is 0 Å². The minimum atomic E-state index is 0.523. The molecule has 0 atom stereocenters.